The zero-order valence-electron chi connectivity index (χ0n) is 15.6. The highest BCUT2D eigenvalue weighted by atomic mass is 35.5. The summed E-state index contributed by atoms with van der Waals surface area (Å²) < 4.78 is 0. The minimum Gasteiger partial charge on any atom is -0.399 e. The SMILES string of the molecule is Cl.N#Cc1cccc(Nc2cc(N)cc(C(=O)NC3Cc4ccccc4C3)n2)c1. The van der Waals surface area contributed by atoms with Crippen molar-refractivity contribution in [2.24, 2.45) is 0 Å². The number of halogens is 1. The summed E-state index contributed by atoms with van der Waals surface area (Å²) >= 11 is 0. The summed E-state index contributed by atoms with van der Waals surface area (Å²) in [6, 6.07) is 20.6. The van der Waals surface area contributed by atoms with Gasteiger partial charge >= 0.3 is 0 Å². The number of nitrogen functional groups attached to an aromatic ring is 1. The fourth-order valence-electron chi connectivity index (χ4n) is 3.47. The first-order valence-electron chi connectivity index (χ1n) is 9.03. The molecule has 146 valence electrons. The van der Waals surface area contributed by atoms with Gasteiger partial charge in [0.25, 0.3) is 5.91 Å². The molecule has 0 radical (unpaired) electrons. The van der Waals surface area contributed by atoms with E-state index in [2.05, 4.69) is 33.8 Å². The van der Waals surface area contributed by atoms with Crippen molar-refractivity contribution < 1.29 is 4.79 Å². The lowest BCUT2D eigenvalue weighted by molar-refractivity contribution is 0.0933. The first-order valence-corrected chi connectivity index (χ1v) is 9.03. The summed E-state index contributed by atoms with van der Waals surface area (Å²) in [6.45, 7) is 0. The number of amides is 1. The van der Waals surface area contributed by atoms with Gasteiger partial charge in [-0.25, -0.2) is 4.98 Å². The van der Waals surface area contributed by atoms with E-state index in [0.717, 1.165) is 12.8 Å². The van der Waals surface area contributed by atoms with Crippen LogP contribution in [0.1, 0.15) is 27.2 Å². The molecule has 1 aliphatic carbocycles. The Morgan fingerprint density at radius 3 is 2.48 bits per heavy atom. The Labute approximate surface area is 175 Å². The predicted molar refractivity (Wildman–Crippen MR) is 115 cm³/mol. The third-order valence-electron chi connectivity index (χ3n) is 4.73. The molecule has 0 spiro atoms. The molecule has 4 rings (SSSR count). The molecule has 0 saturated carbocycles. The third-order valence-corrected chi connectivity index (χ3v) is 4.73. The van der Waals surface area contributed by atoms with Gasteiger partial charge in [-0.2, -0.15) is 5.26 Å². The van der Waals surface area contributed by atoms with Crippen LogP contribution in [0.5, 0.6) is 0 Å². The number of rotatable bonds is 4. The summed E-state index contributed by atoms with van der Waals surface area (Å²) in [7, 11) is 0. The molecule has 6 nitrogen and oxygen atoms in total. The Kier molecular flexibility index (Phi) is 6.01. The van der Waals surface area contributed by atoms with Gasteiger partial charge in [0.05, 0.1) is 11.6 Å². The van der Waals surface area contributed by atoms with E-state index in [4.69, 9.17) is 11.0 Å². The normalized spacial score (nSPS) is 12.4. The summed E-state index contributed by atoms with van der Waals surface area (Å²) in [5.74, 6) is 0.203. The number of nitriles is 1. The number of benzene rings is 2. The molecule has 0 bridgehead atoms. The van der Waals surface area contributed by atoms with Crippen LogP contribution in [-0.2, 0) is 12.8 Å². The van der Waals surface area contributed by atoms with Crippen LogP contribution < -0.4 is 16.4 Å². The Bertz CT molecular complexity index is 1070. The average Bonchev–Trinajstić information content (AvgIpc) is 3.10. The Morgan fingerprint density at radius 2 is 1.79 bits per heavy atom. The summed E-state index contributed by atoms with van der Waals surface area (Å²) in [5, 5.41) is 15.2. The van der Waals surface area contributed by atoms with Crippen LogP contribution in [0.25, 0.3) is 0 Å². The van der Waals surface area contributed by atoms with E-state index in [9.17, 15) is 4.79 Å². The lowest BCUT2D eigenvalue weighted by Gasteiger charge is -2.13. The quantitative estimate of drug-likeness (QED) is 0.615. The lowest BCUT2D eigenvalue weighted by Crippen LogP contribution is -2.35. The van der Waals surface area contributed by atoms with Gasteiger partial charge in [0.15, 0.2) is 0 Å². The van der Waals surface area contributed by atoms with Crippen molar-refractivity contribution in [3.63, 3.8) is 0 Å². The number of fused-ring (bicyclic) bond motifs is 1. The highest BCUT2D eigenvalue weighted by molar-refractivity contribution is 5.94. The molecular formula is C22H20ClN5O. The molecule has 0 atom stereocenters. The monoisotopic (exact) mass is 405 g/mol. The van der Waals surface area contributed by atoms with Crippen molar-refractivity contribution in [3.05, 3.63) is 83.0 Å². The number of anilines is 3. The topological polar surface area (TPSA) is 104 Å². The van der Waals surface area contributed by atoms with Gasteiger partial charge in [-0.3, -0.25) is 4.79 Å². The van der Waals surface area contributed by atoms with E-state index in [1.54, 1.807) is 30.3 Å². The predicted octanol–water partition coefficient (Wildman–Crippen LogP) is 3.60. The minimum atomic E-state index is -0.251. The van der Waals surface area contributed by atoms with Crippen LogP contribution >= 0.6 is 12.4 Å². The van der Waals surface area contributed by atoms with E-state index in [-0.39, 0.29) is 30.0 Å². The Morgan fingerprint density at radius 1 is 1.07 bits per heavy atom. The lowest BCUT2D eigenvalue weighted by atomic mass is 10.1. The maximum Gasteiger partial charge on any atom is 0.270 e. The highest BCUT2D eigenvalue weighted by Crippen LogP contribution is 2.23. The Hall–Kier alpha value is -3.56. The molecule has 4 N–H and O–H groups in total. The second-order valence-electron chi connectivity index (χ2n) is 6.84. The smallest absolute Gasteiger partial charge is 0.270 e. The van der Waals surface area contributed by atoms with E-state index < -0.39 is 0 Å². The van der Waals surface area contributed by atoms with Crippen molar-refractivity contribution in [1.29, 1.82) is 5.26 Å². The van der Waals surface area contributed by atoms with Gasteiger partial charge in [-0.1, -0.05) is 30.3 Å². The van der Waals surface area contributed by atoms with Crippen LogP contribution in [0.4, 0.5) is 17.2 Å². The summed E-state index contributed by atoms with van der Waals surface area (Å²) in [4.78, 5) is 17.1. The van der Waals surface area contributed by atoms with Crippen molar-refractivity contribution in [2.75, 3.05) is 11.1 Å². The van der Waals surface area contributed by atoms with E-state index >= 15 is 0 Å². The molecule has 0 saturated heterocycles. The van der Waals surface area contributed by atoms with Crippen molar-refractivity contribution in [3.8, 4) is 6.07 Å². The number of nitrogens with two attached hydrogens (primary N) is 1. The van der Waals surface area contributed by atoms with E-state index in [1.165, 1.54) is 11.1 Å². The molecule has 1 aromatic heterocycles. The third kappa shape index (κ3) is 4.65. The second kappa shape index (κ2) is 8.63. The summed E-state index contributed by atoms with van der Waals surface area (Å²) in [5.41, 5.74) is 10.5. The average molecular weight is 406 g/mol. The van der Waals surface area contributed by atoms with Gasteiger partial charge in [-0.15, -0.1) is 12.4 Å². The van der Waals surface area contributed by atoms with Crippen LogP contribution in [0.15, 0.2) is 60.7 Å². The number of hydrogen-bond acceptors (Lipinski definition) is 5. The van der Waals surface area contributed by atoms with E-state index in [1.807, 2.05) is 18.2 Å². The molecule has 1 aliphatic rings. The maximum atomic E-state index is 12.7. The van der Waals surface area contributed by atoms with Crippen LogP contribution in [-0.4, -0.2) is 16.9 Å². The van der Waals surface area contributed by atoms with Gasteiger partial charge in [0.1, 0.15) is 11.5 Å². The first-order chi connectivity index (χ1) is 13.6. The fourth-order valence-corrected chi connectivity index (χ4v) is 3.47. The second-order valence-corrected chi connectivity index (χ2v) is 6.84. The highest BCUT2D eigenvalue weighted by Gasteiger charge is 2.23. The van der Waals surface area contributed by atoms with Crippen LogP contribution in [0.2, 0.25) is 0 Å². The molecule has 1 heterocycles. The molecule has 1 amide bonds. The zero-order chi connectivity index (χ0) is 19.5. The molecule has 3 aromatic rings. The van der Waals surface area contributed by atoms with Crippen LogP contribution in [0, 0.1) is 11.3 Å². The van der Waals surface area contributed by atoms with Gasteiger partial charge in [0, 0.05) is 23.5 Å². The molecule has 0 aliphatic heterocycles. The number of nitrogens with zero attached hydrogens (tertiary/aromatic N) is 2. The molecule has 7 heteroatoms. The Balaban J connectivity index is 0.00000240. The number of nitrogens with one attached hydrogen (secondary N) is 2. The molecule has 29 heavy (non-hydrogen) atoms. The molecular weight excluding hydrogens is 386 g/mol. The van der Waals surface area contributed by atoms with Crippen molar-refractivity contribution in [1.82, 2.24) is 10.3 Å². The fraction of sp³-hybridized carbons (Fsp3) is 0.136. The van der Waals surface area contributed by atoms with Gasteiger partial charge < -0.3 is 16.4 Å². The number of aromatic nitrogens is 1. The number of carbonyl (C=O) groups excluding carboxylic acids is 1. The van der Waals surface area contributed by atoms with Crippen molar-refractivity contribution >= 4 is 35.5 Å². The zero-order valence-corrected chi connectivity index (χ0v) is 16.4. The maximum absolute atomic E-state index is 12.7. The summed E-state index contributed by atoms with van der Waals surface area (Å²) in [6.07, 6.45) is 1.63. The van der Waals surface area contributed by atoms with Gasteiger partial charge in [0.2, 0.25) is 0 Å². The van der Waals surface area contributed by atoms with Crippen molar-refractivity contribution in [2.45, 2.75) is 18.9 Å². The number of carbonyl (C=O) groups is 1. The van der Waals surface area contributed by atoms with E-state index in [0.29, 0.717) is 22.8 Å². The molecule has 0 unspecified atom stereocenters. The standard InChI is InChI=1S/C22H19N5O.ClH/c23-13-14-4-3-7-18(8-14)25-21-12-17(24)11-20(27-21)22(28)26-19-9-15-5-1-2-6-16(15)10-19;/h1-8,11-12,19H,9-10H2,(H,26,28)(H3,24,25,27);1H. The van der Waals surface area contributed by atoms with Gasteiger partial charge in [-0.05, 0) is 48.2 Å². The number of pyridine rings is 1. The largest absolute Gasteiger partial charge is 0.399 e. The molecule has 2 aromatic carbocycles. The number of hydrogen-bond donors (Lipinski definition) is 3. The van der Waals surface area contributed by atoms with Crippen LogP contribution in [0.3, 0.4) is 0 Å². The first kappa shape index (κ1) is 20.2. The minimum absolute atomic E-state index is 0. The molecule has 0 fully saturated rings.